The number of nitrogens with one attached hydrogen (secondary N) is 1. The van der Waals surface area contributed by atoms with E-state index in [0.29, 0.717) is 26.4 Å². The molecule has 0 aromatic carbocycles. The molecule has 0 aromatic rings. The van der Waals surface area contributed by atoms with Gasteiger partial charge in [-0.15, -0.1) is 0 Å². The summed E-state index contributed by atoms with van der Waals surface area (Å²) in [4.78, 5) is 13.1. The van der Waals surface area contributed by atoms with E-state index >= 15 is 0 Å². The number of alkyl halides is 1. The Bertz CT molecular complexity index is 288. The van der Waals surface area contributed by atoms with Gasteiger partial charge in [0.15, 0.2) is 0 Å². The monoisotopic (exact) mass is 414 g/mol. The molecule has 0 spiro atoms. The Balaban J connectivity index is 1.83. The van der Waals surface area contributed by atoms with E-state index in [1.807, 2.05) is 13.8 Å². The predicted octanol–water partition coefficient (Wildman–Crippen LogP) is 0.845. The third-order valence-corrected chi connectivity index (χ3v) is 3.92. The van der Waals surface area contributed by atoms with Gasteiger partial charge in [0.1, 0.15) is 16.6 Å². The van der Waals surface area contributed by atoms with Gasteiger partial charge in [0.25, 0.3) is 0 Å². The van der Waals surface area contributed by atoms with Crippen molar-refractivity contribution in [3.05, 3.63) is 0 Å². The fraction of sp³-hybridized carbons (Fsp3) is 0.933. The molecule has 0 saturated carbocycles. The van der Waals surface area contributed by atoms with Crippen LogP contribution in [0.25, 0.3) is 0 Å². The molecule has 1 fully saturated rings. The number of carbonyl (C=O) groups excluding carboxylic acids is 1. The van der Waals surface area contributed by atoms with Gasteiger partial charge in [0.2, 0.25) is 0 Å². The summed E-state index contributed by atoms with van der Waals surface area (Å²) in [5.74, 6) is -0.201. The number of likely N-dealkylation sites (tertiary alicyclic amines) is 1. The normalized spacial score (nSPS) is 16.9. The minimum Gasteiger partial charge on any atom is -0.462 e. The van der Waals surface area contributed by atoms with Crippen molar-refractivity contribution >= 4 is 28.6 Å². The average Bonchev–Trinajstić information content (AvgIpc) is 2.45. The molecule has 1 heterocycles. The van der Waals surface area contributed by atoms with Crippen LogP contribution in [0.4, 0.5) is 0 Å². The lowest BCUT2D eigenvalue weighted by Crippen LogP contribution is -3.13. The van der Waals surface area contributed by atoms with E-state index in [1.54, 1.807) is 4.90 Å². The lowest BCUT2D eigenvalue weighted by Gasteiger charge is -2.23. The van der Waals surface area contributed by atoms with Crippen molar-refractivity contribution in [3.8, 4) is 0 Å². The van der Waals surface area contributed by atoms with E-state index in [-0.39, 0.29) is 5.97 Å². The molecule has 0 radical (unpaired) electrons. The first-order valence-corrected chi connectivity index (χ1v) is 8.93. The summed E-state index contributed by atoms with van der Waals surface area (Å²) in [6.45, 7) is 10.0. The summed E-state index contributed by atoms with van der Waals surface area (Å²) in [5, 5.41) is 0. The third-order valence-electron chi connectivity index (χ3n) is 3.48. The zero-order valence-electron chi connectivity index (χ0n) is 13.3. The second kappa shape index (κ2) is 10.7. The third kappa shape index (κ3) is 9.65. The zero-order valence-corrected chi connectivity index (χ0v) is 15.4. The minimum absolute atomic E-state index is 0.201. The Morgan fingerprint density at radius 3 is 2.19 bits per heavy atom. The largest absolute Gasteiger partial charge is 0.462 e. The lowest BCUT2D eigenvalue weighted by molar-refractivity contribution is -0.905. The fourth-order valence-electron chi connectivity index (χ4n) is 2.21. The van der Waals surface area contributed by atoms with E-state index in [9.17, 15) is 4.79 Å². The Kier molecular flexibility index (Phi) is 9.79. The summed E-state index contributed by atoms with van der Waals surface area (Å²) < 4.78 is 15.6. The van der Waals surface area contributed by atoms with Gasteiger partial charge < -0.3 is 19.1 Å². The molecule has 1 aliphatic heterocycles. The number of ether oxygens (including phenoxy) is 3. The fourth-order valence-corrected chi connectivity index (χ4v) is 2.36. The molecule has 1 aliphatic rings. The summed E-state index contributed by atoms with van der Waals surface area (Å²) in [6.07, 6.45) is 4.09. The maximum Gasteiger partial charge on any atom is 0.321 e. The minimum atomic E-state index is -0.475. The molecule has 0 aliphatic carbocycles. The molecule has 6 heteroatoms. The number of hydrogen-bond acceptors (Lipinski definition) is 4. The molecule has 0 bridgehead atoms. The van der Waals surface area contributed by atoms with Crippen molar-refractivity contribution in [2.75, 3.05) is 52.7 Å². The Hall–Kier alpha value is 0.0800. The van der Waals surface area contributed by atoms with Crippen LogP contribution in [0.3, 0.4) is 0 Å². The number of piperidine rings is 1. The molecule has 21 heavy (non-hydrogen) atoms. The molecule has 124 valence electrons. The van der Waals surface area contributed by atoms with Crippen LogP contribution in [-0.2, 0) is 19.0 Å². The molecule has 1 N–H and O–H groups in total. The van der Waals surface area contributed by atoms with Crippen molar-refractivity contribution in [2.45, 2.75) is 36.5 Å². The lowest BCUT2D eigenvalue weighted by atomic mass is 10.1. The summed E-state index contributed by atoms with van der Waals surface area (Å²) in [6, 6.07) is 0. The van der Waals surface area contributed by atoms with Crippen molar-refractivity contribution in [2.24, 2.45) is 0 Å². The first-order valence-electron chi connectivity index (χ1n) is 7.85. The summed E-state index contributed by atoms with van der Waals surface area (Å²) in [5.41, 5.74) is 0. The molecule has 0 unspecified atom stereocenters. The van der Waals surface area contributed by atoms with Gasteiger partial charge in [-0.25, -0.2) is 0 Å². The highest BCUT2D eigenvalue weighted by molar-refractivity contribution is 14.1. The van der Waals surface area contributed by atoms with Crippen molar-refractivity contribution < 1.29 is 23.9 Å². The highest BCUT2D eigenvalue weighted by Crippen LogP contribution is 2.17. The highest BCUT2D eigenvalue weighted by Gasteiger charge is 2.24. The highest BCUT2D eigenvalue weighted by atomic mass is 127. The van der Waals surface area contributed by atoms with Crippen molar-refractivity contribution in [3.63, 3.8) is 0 Å². The van der Waals surface area contributed by atoms with Crippen LogP contribution in [0.15, 0.2) is 0 Å². The summed E-state index contributed by atoms with van der Waals surface area (Å²) in [7, 11) is 0. The Labute approximate surface area is 141 Å². The average molecular weight is 414 g/mol. The molecule has 5 nitrogen and oxygen atoms in total. The number of halogens is 1. The van der Waals surface area contributed by atoms with Crippen LogP contribution >= 0.6 is 22.6 Å². The Morgan fingerprint density at radius 2 is 1.57 bits per heavy atom. The standard InChI is InChI=1S/C15H28INO4/c1-15(2,16)14(18)21-13-12-20-11-10-19-9-8-17-6-4-3-5-7-17/h3-13H2,1-2H3/p+1. The van der Waals surface area contributed by atoms with Crippen molar-refractivity contribution in [1.82, 2.24) is 0 Å². The number of esters is 1. The quantitative estimate of drug-likeness (QED) is 0.249. The molecule has 1 rings (SSSR count). The number of quaternary nitrogens is 1. The van der Waals surface area contributed by atoms with Gasteiger partial charge in [-0.3, -0.25) is 4.79 Å². The SMILES string of the molecule is CC(C)(I)C(=O)OCCOCCOCC[NH+]1CCCCC1. The number of hydrogen-bond donors (Lipinski definition) is 1. The van der Waals surface area contributed by atoms with Gasteiger partial charge in [0, 0.05) is 0 Å². The molecule has 1 saturated heterocycles. The van der Waals surface area contributed by atoms with Crippen LogP contribution in [0.1, 0.15) is 33.1 Å². The van der Waals surface area contributed by atoms with Crippen LogP contribution < -0.4 is 4.90 Å². The zero-order chi connectivity index (χ0) is 15.6. The molecular weight excluding hydrogens is 385 g/mol. The van der Waals surface area contributed by atoms with Crippen LogP contribution in [0.2, 0.25) is 0 Å². The first-order chi connectivity index (χ1) is 10.00. The van der Waals surface area contributed by atoms with Crippen molar-refractivity contribution in [1.29, 1.82) is 0 Å². The van der Waals surface area contributed by atoms with E-state index in [4.69, 9.17) is 14.2 Å². The van der Waals surface area contributed by atoms with E-state index in [1.165, 1.54) is 32.4 Å². The predicted molar refractivity (Wildman–Crippen MR) is 90.1 cm³/mol. The summed E-state index contributed by atoms with van der Waals surface area (Å²) >= 11 is 2.07. The maximum absolute atomic E-state index is 11.5. The van der Waals surface area contributed by atoms with Gasteiger partial charge >= 0.3 is 5.97 Å². The number of carbonyl (C=O) groups is 1. The molecular formula is C15H29INO4+. The molecule has 0 atom stereocenters. The topological polar surface area (TPSA) is 49.2 Å². The Morgan fingerprint density at radius 1 is 1.00 bits per heavy atom. The van der Waals surface area contributed by atoms with Crippen LogP contribution in [0.5, 0.6) is 0 Å². The van der Waals surface area contributed by atoms with E-state index < -0.39 is 3.42 Å². The van der Waals surface area contributed by atoms with E-state index in [0.717, 1.165) is 13.2 Å². The second-order valence-electron chi connectivity index (χ2n) is 5.89. The second-order valence-corrected chi connectivity index (χ2v) is 8.59. The molecule has 0 amide bonds. The smallest absolute Gasteiger partial charge is 0.321 e. The van der Waals surface area contributed by atoms with Gasteiger partial charge in [-0.2, -0.15) is 0 Å². The number of rotatable bonds is 10. The van der Waals surface area contributed by atoms with Gasteiger partial charge in [0.05, 0.1) is 39.5 Å². The van der Waals surface area contributed by atoms with Crippen LogP contribution in [-0.4, -0.2) is 62.1 Å². The van der Waals surface area contributed by atoms with Gasteiger partial charge in [-0.1, -0.05) is 22.6 Å². The van der Waals surface area contributed by atoms with Crippen LogP contribution in [0, 0.1) is 0 Å². The van der Waals surface area contributed by atoms with Gasteiger partial charge in [-0.05, 0) is 33.1 Å². The van der Waals surface area contributed by atoms with E-state index in [2.05, 4.69) is 22.6 Å². The maximum atomic E-state index is 11.5. The first kappa shape index (κ1) is 19.1. The molecule has 0 aromatic heterocycles.